The SMILES string of the molecule is Cl.NCc1ccc(-c2cnn(C3CCCCC3)c2)c(F)c1. The van der Waals surface area contributed by atoms with Crippen molar-refractivity contribution in [1.82, 2.24) is 9.78 Å². The summed E-state index contributed by atoms with van der Waals surface area (Å²) >= 11 is 0. The van der Waals surface area contributed by atoms with Crippen LogP contribution < -0.4 is 5.73 Å². The Labute approximate surface area is 130 Å². The summed E-state index contributed by atoms with van der Waals surface area (Å²) in [5.41, 5.74) is 7.78. The van der Waals surface area contributed by atoms with Crippen molar-refractivity contribution in [1.29, 1.82) is 0 Å². The molecular weight excluding hydrogens is 289 g/mol. The normalized spacial score (nSPS) is 15.7. The molecule has 21 heavy (non-hydrogen) atoms. The van der Waals surface area contributed by atoms with E-state index in [1.165, 1.54) is 38.2 Å². The monoisotopic (exact) mass is 309 g/mol. The molecule has 1 saturated carbocycles. The summed E-state index contributed by atoms with van der Waals surface area (Å²) in [6.45, 7) is 0.360. The van der Waals surface area contributed by atoms with E-state index in [9.17, 15) is 4.39 Å². The number of rotatable bonds is 3. The molecular formula is C16H21ClFN3. The summed E-state index contributed by atoms with van der Waals surface area (Å²) in [5, 5.41) is 4.43. The predicted molar refractivity (Wildman–Crippen MR) is 84.9 cm³/mol. The van der Waals surface area contributed by atoms with E-state index in [-0.39, 0.29) is 18.2 Å². The van der Waals surface area contributed by atoms with Gasteiger partial charge in [0.1, 0.15) is 5.82 Å². The minimum atomic E-state index is -0.226. The van der Waals surface area contributed by atoms with E-state index in [1.807, 2.05) is 16.9 Å². The number of halogens is 2. The summed E-state index contributed by atoms with van der Waals surface area (Å²) in [5.74, 6) is -0.226. The molecule has 1 fully saturated rings. The van der Waals surface area contributed by atoms with Crippen molar-refractivity contribution in [2.24, 2.45) is 5.73 Å². The van der Waals surface area contributed by atoms with E-state index in [4.69, 9.17) is 5.73 Å². The van der Waals surface area contributed by atoms with Crippen molar-refractivity contribution in [2.75, 3.05) is 0 Å². The van der Waals surface area contributed by atoms with E-state index in [1.54, 1.807) is 12.3 Å². The molecule has 3 nitrogen and oxygen atoms in total. The molecule has 0 atom stereocenters. The second kappa shape index (κ2) is 7.05. The molecule has 1 aromatic carbocycles. The highest BCUT2D eigenvalue weighted by Crippen LogP contribution is 2.30. The van der Waals surface area contributed by atoms with Crippen molar-refractivity contribution in [3.8, 4) is 11.1 Å². The second-order valence-corrected chi connectivity index (χ2v) is 5.52. The smallest absolute Gasteiger partial charge is 0.131 e. The Bertz CT molecular complexity index is 591. The van der Waals surface area contributed by atoms with Gasteiger partial charge in [0.2, 0.25) is 0 Å². The average molecular weight is 310 g/mol. The third kappa shape index (κ3) is 3.44. The van der Waals surface area contributed by atoms with Crippen molar-refractivity contribution < 1.29 is 4.39 Å². The van der Waals surface area contributed by atoms with E-state index < -0.39 is 0 Å². The molecule has 1 aliphatic rings. The minimum Gasteiger partial charge on any atom is -0.326 e. The molecule has 114 valence electrons. The molecule has 0 aliphatic heterocycles. The van der Waals surface area contributed by atoms with Gasteiger partial charge in [-0.15, -0.1) is 12.4 Å². The fourth-order valence-corrected chi connectivity index (χ4v) is 2.94. The molecule has 1 aromatic heterocycles. The van der Waals surface area contributed by atoms with Gasteiger partial charge in [0, 0.05) is 23.9 Å². The molecule has 2 N–H and O–H groups in total. The summed E-state index contributed by atoms with van der Waals surface area (Å²) in [6, 6.07) is 5.65. The molecule has 0 spiro atoms. The zero-order chi connectivity index (χ0) is 13.9. The highest BCUT2D eigenvalue weighted by Gasteiger charge is 2.17. The number of hydrogen-bond donors (Lipinski definition) is 1. The van der Waals surface area contributed by atoms with Crippen LogP contribution in [0.5, 0.6) is 0 Å². The van der Waals surface area contributed by atoms with Crippen molar-refractivity contribution >= 4 is 12.4 Å². The Morgan fingerprint density at radius 2 is 2.00 bits per heavy atom. The van der Waals surface area contributed by atoms with Gasteiger partial charge in [-0.05, 0) is 24.5 Å². The van der Waals surface area contributed by atoms with Gasteiger partial charge >= 0.3 is 0 Å². The first-order chi connectivity index (χ1) is 9.78. The number of benzene rings is 1. The Morgan fingerprint density at radius 1 is 1.24 bits per heavy atom. The van der Waals surface area contributed by atoms with Gasteiger partial charge in [-0.1, -0.05) is 31.4 Å². The quantitative estimate of drug-likeness (QED) is 0.928. The van der Waals surface area contributed by atoms with Crippen molar-refractivity contribution in [2.45, 2.75) is 44.7 Å². The molecule has 1 aliphatic carbocycles. The summed E-state index contributed by atoms with van der Waals surface area (Å²) < 4.78 is 16.1. The molecule has 5 heteroatoms. The summed E-state index contributed by atoms with van der Waals surface area (Å²) in [6.07, 6.45) is 9.93. The molecule has 3 rings (SSSR count). The number of aromatic nitrogens is 2. The topological polar surface area (TPSA) is 43.8 Å². The fraction of sp³-hybridized carbons (Fsp3) is 0.438. The Morgan fingerprint density at radius 3 is 2.67 bits per heavy atom. The summed E-state index contributed by atoms with van der Waals surface area (Å²) in [4.78, 5) is 0. The number of nitrogens with two attached hydrogens (primary N) is 1. The van der Waals surface area contributed by atoms with Crippen LogP contribution in [0.25, 0.3) is 11.1 Å². The van der Waals surface area contributed by atoms with E-state index in [2.05, 4.69) is 5.10 Å². The highest BCUT2D eigenvalue weighted by molar-refractivity contribution is 5.85. The maximum absolute atomic E-state index is 14.1. The third-order valence-corrected chi connectivity index (χ3v) is 4.13. The Kier molecular flexibility index (Phi) is 5.37. The zero-order valence-corrected chi connectivity index (χ0v) is 12.8. The lowest BCUT2D eigenvalue weighted by Gasteiger charge is -2.21. The zero-order valence-electron chi connectivity index (χ0n) is 12.0. The first kappa shape index (κ1) is 16.0. The van der Waals surface area contributed by atoms with Crippen LogP contribution in [-0.2, 0) is 6.54 Å². The Balaban J connectivity index is 0.00000161. The number of nitrogens with zero attached hydrogens (tertiary/aromatic N) is 2. The van der Waals surface area contributed by atoms with Crippen LogP contribution in [0, 0.1) is 5.82 Å². The molecule has 0 radical (unpaired) electrons. The van der Waals surface area contributed by atoms with E-state index >= 15 is 0 Å². The molecule has 0 amide bonds. The largest absolute Gasteiger partial charge is 0.326 e. The van der Waals surface area contributed by atoms with Crippen molar-refractivity contribution in [3.63, 3.8) is 0 Å². The van der Waals surface area contributed by atoms with E-state index in [0.29, 0.717) is 18.2 Å². The molecule has 0 unspecified atom stereocenters. The van der Waals surface area contributed by atoms with Gasteiger partial charge in [-0.25, -0.2) is 4.39 Å². The lowest BCUT2D eigenvalue weighted by Crippen LogP contribution is -2.12. The molecule has 1 heterocycles. The lowest BCUT2D eigenvalue weighted by molar-refractivity contribution is 0.329. The first-order valence-electron chi connectivity index (χ1n) is 7.31. The molecule has 0 saturated heterocycles. The van der Waals surface area contributed by atoms with Crippen LogP contribution in [0.3, 0.4) is 0 Å². The molecule has 2 aromatic rings. The fourth-order valence-electron chi connectivity index (χ4n) is 2.94. The van der Waals surface area contributed by atoms with Gasteiger partial charge in [0.15, 0.2) is 0 Å². The van der Waals surface area contributed by atoms with Gasteiger partial charge < -0.3 is 5.73 Å². The predicted octanol–water partition coefficient (Wildman–Crippen LogP) is 4.07. The molecule has 0 bridgehead atoms. The van der Waals surface area contributed by atoms with Gasteiger partial charge in [0.25, 0.3) is 0 Å². The summed E-state index contributed by atoms with van der Waals surface area (Å²) in [7, 11) is 0. The van der Waals surface area contributed by atoms with Crippen LogP contribution >= 0.6 is 12.4 Å². The van der Waals surface area contributed by atoms with Crippen LogP contribution in [0.15, 0.2) is 30.6 Å². The van der Waals surface area contributed by atoms with Crippen molar-refractivity contribution in [3.05, 3.63) is 42.0 Å². The van der Waals surface area contributed by atoms with Crippen LogP contribution in [0.4, 0.5) is 4.39 Å². The Hall–Kier alpha value is -1.39. The first-order valence-corrected chi connectivity index (χ1v) is 7.31. The second-order valence-electron chi connectivity index (χ2n) is 5.52. The average Bonchev–Trinajstić information content (AvgIpc) is 2.97. The minimum absolute atomic E-state index is 0. The van der Waals surface area contributed by atoms with Crippen LogP contribution in [-0.4, -0.2) is 9.78 Å². The highest BCUT2D eigenvalue weighted by atomic mass is 35.5. The maximum atomic E-state index is 14.1. The lowest BCUT2D eigenvalue weighted by atomic mass is 9.96. The van der Waals surface area contributed by atoms with Gasteiger partial charge in [0.05, 0.1) is 12.2 Å². The van der Waals surface area contributed by atoms with Gasteiger partial charge in [-0.2, -0.15) is 5.10 Å². The number of hydrogen-bond acceptors (Lipinski definition) is 2. The standard InChI is InChI=1S/C16H20FN3.ClH/c17-16-8-12(9-18)6-7-15(16)13-10-19-20(11-13)14-4-2-1-3-5-14;/h6-8,10-11,14H,1-5,9,18H2;1H. The van der Waals surface area contributed by atoms with E-state index in [0.717, 1.165) is 11.1 Å². The van der Waals surface area contributed by atoms with Gasteiger partial charge in [-0.3, -0.25) is 4.68 Å². The third-order valence-electron chi connectivity index (χ3n) is 4.13. The maximum Gasteiger partial charge on any atom is 0.131 e. The van der Waals surface area contributed by atoms with Crippen LogP contribution in [0.1, 0.15) is 43.7 Å². The van der Waals surface area contributed by atoms with Crippen LogP contribution in [0.2, 0.25) is 0 Å².